The summed E-state index contributed by atoms with van der Waals surface area (Å²) in [5.74, 6) is -1.27. The maximum absolute atomic E-state index is 13.7. The lowest BCUT2D eigenvalue weighted by Crippen LogP contribution is -2.36. The Hall–Kier alpha value is -1.92. The van der Waals surface area contributed by atoms with Crippen molar-refractivity contribution in [3.8, 4) is 0 Å². The molecule has 1 atom stereocenters. The molecule has 1 aromatic heterocycles. The number of hydrogen-bond acceptors (Lipinski definition) is 4. The van der Waals surface area contributed by atoms with Gasteiger partial charge in [0.15, 0.2) is 0 Å². The number of hydrogen-bond donors (Lipinski definition) is 1. The molecule has 1 fully saturated rings. The van der Waals surface area contributed by atoms with Crippen molar-refractivity contribution in [2.75, 3.05) is 31.6 Å². The maximum Gasteiger partial charge on any atom is 0.317 e. The number of fused-ring (bicyclic) bond motifs is 1. The van der Waals surface area contributed by atoms with Gasteiger partial charge in [0, 0.05) is 42.5 Å². The molecule has 1 aliphatic rings. The smallest absolute Gasteiger partial charge is 0.317 e. The van der Waals surface area contributed by atoms with E-state index < -0.39 is 11.8 Å². The molecule has 2 aromatic rings. The van der Waals surface area contributed by atoms with E-state index in [1.54, 1.807) is 12.3 Å². The van der Waals surface area contributed by atoms with E-state index in [2.05, 4.69) is 9.88 Å². The number of benzene rings is 1. The zero-order valence-electron chi connectivity index (χ0n) is 14.1. The number of carbonyl (C=O) groups is 1. The predicted molar refractivity (Wildman–Crippen MR) is 96.8 cm³/mol. The van der Waals surface area contributed by atoms with E-state index in [-0.39, 0.29) is 17.6 Å². The average Bonchev–Trinajstić information content (AvgIpc) is 2.81. The molecule has 1 N–H and O–H groups in total. The lowest BCUT2D eigenvalue weighted by Gasteiger charge is -2.27. The van der Waals surface area contributed by atoms with Crippen LogP contribution in [0.5, 0.6) is 0 Å². The number of carboxylic acid groups (broad SMARTS) is 1. The van der Waals surface area contributed by atoms with Gasteiger partial charge >= 0.3 is 5.97 Å². The normalized spacial score (nSPS) is 18.6. The Kier molecular flexibility index (Phi) is 5.39. The summed E-state index contributed by atoms with van der Waals surface area (Å²) in [6.07, 6.45) is 4.48. The van der Waals surface area contributed by atoms with E-state index in [0.29, 0.717) is 5.52 Å². The van der Waals surface area contributed by atoms with Gasteiger partial charge in [-0.25, -0.2) is 4.39 Å². The molecule has 0 amide bonds. The number of aliphatic carboxylic acids is 1. The SMILES string of the molecule is CN(CC(=O)O)C1CCCN(c2ccnc3cc(F)c(Cl)cc23)CC1. The molecule has 1 saturated heterocycles. The van der Waals surface area contributed by atoms with Crippen LogP contribution in [0.1, 0.15) is 19.3 Å². The molecule has 0 spiro atoms. The van der Waals surface area contributed by atoms with Gasteiger partial charge < -0.3 is 10.0 Å². The topological polar surface area (TPSA) is 56.7 Å². The molecule has 25 heavy (non-hydrogen) atoms. The first-order chi connectivity index (χ1) is 12.0. The molecule has 7 heteroatoms. The highest BCUT2D eigenvalue weighted by Crippen LogP contribution is 2.31. The van der Waals surface area contributed by atoms with Gasteiger partial charge in [-0.05, 0) is 38.4 Å². The number of rotatable bonds is 4. The minimum absolute atomic E-state index is 0.0533. The molecule has 0 saturated carbocycles. The summed E-state index contributed by atoms with van der Waals surface area (Å²) in [7, 11) is 1.86. The molecule has 1 aromatic carbocycles. The highest BCUT2D eigenvalue weighted by Gasteiger charge is 2.23. The van der Waals surface area contributed by atoms with Crippen molar-refractivity contribution in [2.24, 2.45) is 0 Å². The third-order valence-electron chi connectivity index (χ3n) is 4.81. The first-order valence-electron chi connectivity index (χ1n) is 8.36. The van der Waals surface area contributed by atoms with Gasteiger partial charge in [0.2, 0.25) is 0 Å². The molecule has 0 bridgehead atoms. The number of halogens is 2. The number of likely N-dealkylation sites (N-methyl/N-ethyl adjacent to an activating group) is 1. The summed E-state index contributed by atoms with van der Waals surface area (Å²) in [6, 6.07) is 5.17. The van der Waals surface area contributed by atoms with Gasteiger partial charge in [-0.3, -0.25) is 14.7 Å². The molecule has 3 rings (SSSR count). The summed E-state index contributed by atoms with van der Waals surface area (Å²) < 4.78 is 13.7. The number of pyridine rings is 1. The molecular formula is C18H21ClFN3O2. The summed E-state index contributed by atoms with van der Waals surface area (Å²) in [6.45, 7) is 1.73. The monoisotopic (exact) mass is 365 g/mol. The highest BCUT2D eigenvalue weighted by molar-refractivity contribution is 6.31. The number of anilines is 1. The highest BCUT2D eigenvalue weighted by atomic mass is 35.5. The minimum atomic E-state index is -0.805. The minimum Gasteiger partial charge on any atom is -0.480 e. The van der Waals surface area contributed by atoms with E-state index in [9.17, 15) is 9.18 Å². The molecule has 0 aliphatic carbocycles. The van der Waals surface area contributed by atoms with Crippen LogP contribution in [0, 0.1) is 5.82 Å². The number of carboxylic acids is 1. The van der Waals surface area contributed by atoms with Crippen molar-refractivity contribution in [1.82, 2.24) is 9.88 Å². The van der Waals surface area contributed by atoms with Gasteiger partial charge in [0.1, 0.15) is 5.82 Å². The third kappa shape index (κ3) is 4.02. The Labute approximate surface area is 151 Å². The maximum atomic E-state index is 13.7. The molecule has 1 unspecified atom stereocenters. The van der Waals surface area contributed by atoms with E-state index >= 15 is 0 Å². The first-order valence-corrected chi connectivity index (χ1v) is 8.74. The fourth-order valence-electron chi connectivity index (χ4n) is 3.50. The van der Waals surface area contributed by atoms with E-state index in [1.165, 1.54) is 6.07 Å². The Balaban J connectivity index is 1.82. The standard InChI is InChI=1S/C18H21ClFN3O2/c1-22(11-18(24)25)12-3-2-7-23(8-5-12)17-4-6-21-16-10-15(20)14(19)9-13(16)17/h4,6,9-10,12H,2-3,5,7-8,11H2,1H3,(H,24,25). The van der Waals surface area contributed by atoms with Crippen LogP contribution in [0.15, 0.2) is 24.4 Å². The zero-order chi connectivity index (χ0) is 18.0. The second-order valence-electron chi connectivity index (χ2n) is 6.49. The van der Waals surface area contributed by atoms with Gasteiger partial charge in [0.05, 0.1) is 17.1 Å². The fraction of sp³-hybridized carbons (Fsp3) is 0.444. The summed E-state index contributed by atoms with van der Waals surface area (Å²) >= 11 is 5.96. The van der Waals surface area contributed by atoms with Gasteiger partial charge in [-0.1, -0.05) is 11.6 Å². The van der Waals surface area contributed by atoms with Crippen LogP contribution in [-0.4, -0.2) is 53.7 Å². The fourth-order valence-corrected chi connectivity index (χ4v) is 3.67. The van der Waals surface area contributed by atoms with Crippen LogP contribution in [-0.2, 0) is 4.79 Å². The second-order valence-corrected chi connectivity index (χ2v) is 6.90. The van der Waals surface area contributed by atoms with E-state index in [0.717, 1.165) is 43.4 Å². The summed E-state index contributed by atoms with van der Waals surface area (Å²) in [4.78, 5) is 19.3. The number of nitrogens with zero attached hydrogens (tertiary/aromatic N) is 3. The average molecular weight is 366 g/mol. The van der Waals surface area contributed by atoms with Crippen LogP contribution in [0.4, 0.5) is 10.1 Å². The van der Waals surface area contributed by atoms with Crippen molar-refractivity contribution < 1.29 is 14.3 Å². The van der Waals surface area contributed by atoms with Crippen LogP contribution in [0.2, 0.25) is 5.02 Å². The van der Waals surface area contributed by atoms with Crippen molar-refractivity contribution in [1.29, 1.82) is 0 Å². The Morgan fingerprint density at radius 3 is 3.00 bits per heavy atom. The molecule has 134 valence electrons. The van der Waals surface area contributed by atoms with Gasteiger partial charge in [0.25, 0.3) is 0 Å². The molecule has 1 aliphatic heterocycles. The second kappa shape index (κ2) is 7.54. The van der Waals surface area contributed by atoms with Crippen LogP contribution >= 0.6 is 11.6 Å². The van der Waals surface area contributed by atoms with Crippen molar-refractivity contribution in [2.45, 2.75) is 25.3 Å². The molecule has 0 radical (unpaired) electrons. The van der Waals surface area contributed by atoms with Crippen LogP contribution in [0.3, 0.4) is 0 Å². The van der Waals surface area contributed by atoms with Crippen LogP contribution < -0.4 is 4.90 Å². The lowest BCUT2D eigenvalue weighted by atomic mass is 10.1. The third-order valence-corrected chi connectivity index (χ3v) is 5.10. The largest absolute Gasteiger partial charge is 0.480 e. The van der Waals surface area contributed by atoms with Crippen molar-refractivity contribution in [3.63, 3.8) is 0 Å². The van der Waals surface area contributed by atoms with Crippen molar-refractivity contribution in [3.05, 3.63) is 35.2 Å². The lowest BCUT2D eigenvalue weighted by molar-refractivity contribution is -0.138. The van der Waals surface area contributed by atoms with E-state index in [1.807, 2.05) is 18.0 Å². The predicted octanol–water partition coefficient (Wildman–Crippen LogP) is 3.40. The number of aromatic nitrogens is 1. The quantitative estimate of drug-likeness (QED) is 0.899. The Bertz CT molecular complexity index is 786. The van der Waals surface area contributed by atoms with Gasteiger partial charge in [-0.15, -0.1) is 0 Å². The molecular weight excluding hydrogens is 345 g/mol. The van der Waals surface area contributed by atoms with Crippen molar-refractivity contribution >= 4 is 34.2 Å². The summed E-state index contributed by atoms with van der Waals surface area (Å²) in [5.41, 5.74) is 1.58. The summed E-state index contributed by atoms with van der Waals surface area (Å²) in [5, 5.41) is 9.91. The van der Waals surface area contributed by atoms with Crippen LogP contribution in [0.25, 0.3) is 10.9 Å². The molecule has 2 heterocycles. The Morgan fingerprint density at radius 2 is 2.24 bits per heavy atom. The van der Waals surface area contributed by atoms with Gasteiger partial charge in [-0.2, -0.15) is 0 Å². The van der Waals surface area contributed by atoms with E-state index in [4.69, 9.17) is 16.7 Å². The first kappa shape index (κ1) is 17.9. The Morgan fingerprint density at radius 1 is 1.44 bits per heavy atom. The molecule has 5 nitrogen and oxygen atoms in total. The zero-order valence-corrected chi connectivity index (χ0v) is 14.8.